The first-order chi connectivity index (χ1) is 13.3. The SMILES string of the molecule is Cc1cc(F)ccc1CC(C)NC(=O)c1cc(F)c(N2CCOCC2)c(F)c1. The number of amides is 1. The quantitative estimate of drug-likeness (QED) is 0.845. The van der Waals surface area contributed by atoms with Crippen LogP contribution in [-0.4, -0.2) is 38.3 Å². The second-order valence-corrected chi connectivity index (χ2v) is 7.04. The fourth-order valence-corrected chi connectivity index (χ4v) is 3.36. The third-order valence-electron chi connectivity index (χ3n) is 4.81. The van der Waals surface area contributed by atoms with Gasteiger partial charge >= 0.3 is 0 Å². The van der Waals surface area contributed by atoms with E-state index in [2.05, 4.69) is 5.32 Å². The van der Waals surface area contributed by atoms with E-state index in [1.807, 2.05) is 0 Å². The Morgan fingerprint density at radius 3 is 2.39 bits per heavy atom. The molecule has 1 saturated heterocycles. The van der Waals surface area contributed by atoms with Crippen LogP contribution in [0.3, 0.4) is 0 Å². The number of anilines is 1. The van der Waals surface area contributed by atoms with Crippen molar-refractivity contribution in [3.05, 3.63) is 64.5 Å². The maximum atomic E-state index is 14.5. The van der Waals surface area contributed by atoms with Crippen LogP contribution in [-0.2, 0) is 11.2 Å². The van der Waals surface area contributed by atoms with Crippen molar-refractivity contribution in [2.45, 2.75) is 26.3 Å². The molecule has 28 heavy (non-hydrogen) atoms. The number of carbonyl (C=O) groups is 1. The second-order valence-electron chi connectivity index (χ2n) is 7.04. The molecule has 2 aromatic carbocycles. The van der Waals surface area contributed by atoms with Gasteiger partial charge in [0, 0.05) is 24.7 Å². The molecule has 1 N–H and O–H groups in total. The molecule has 150 valence electrons. The maximum absolute atomic E-state index is 14.5. The first kappa shape index (κ1) is 20.2. The molecule has 1 fully saturated rings. The van der Waals surface area contributed by atoms with Crippen LogP contribution < -0.4 is 10.2 Å². The first-order valence-electron chi connectivity index (χ1n) is 9.23. The molecular formula is C21H23F3N2O2. The number of halogens is 3. The molecule has 0 spiro atoms. The zero-order valence-electron chi connectivity index (χ0n) is 15.9. The van der Waals surface area contributed by atoms with E-state index >= 15 is 0 Å². The summed E-state index contributed by atoms with van der Waals surface area (Å²) >= 11 is 0. The highest BCUT2D eigenvalue weighted by Gasteiger charge is 2.22. The van der Waals surface area contributed by atoms with Gasteiger partial charge in [0.15, 0.2) is 0 Å². The molecule has 1 atom stereocenters. The number of hydrogen-bond acceptors (Lipinski definition) is 3. The summed E-state index contributed by atoms with van der Waals surface area (Å²) in [5.74, 6) is -2.41. The van der Waals surface area contributed by atoms with Crippen LogP contribution in [0.25, 0.3) is 0 Å². The minimum absolute atomic E-state index is 0.0744. The van der Waals surface area contributed by atoms with Gasteiger partial charge < -0.3 is 15.0 Å². The predicted octanol–water partition coefficient (Wildman–Crippen LogP) is 3.61. The second kappa shape index (κ2) is 8.65. The average molecular weight is 392 g/mol. The molecular weight excluding hydrogens is 369 g/mol. The van der Waals surface area contributed by atoms with Gasteiger partial charge in [-0.3, -0.25) is 4.79 Å². The normalized spacial score (nSPS) is 15.4. The smallest absolute Gasteiger partial charge is 0.251 e. The summed E-state index contributed by atoms with van der Waals surface area (Å²) in [7, 11) is 0. The van der Waals surface area contributed by atoms with Gasteiger partial charge in [0.25, 0.3) is 5.91 Å². The van der Waals surface area contributed by atoms with Crippen molar-refractivity contribution in [3.63, 3.8) is 0 Å². The van der Waals surface area contributed by atoms with Gasteiger partial charge in [-0.05, 0) is 55.7 Å². The van der Waals surface area contributed by atoms with E-state index < -0.39 is 17.5 Å². The lowest BCUT2D eigenvalue weighted by Crippen LogP contribution is -2.38. The highest BCUT2D eigenvalue weighted by atomic mass is 19.1. The van der Waals surface area contributed by atoms with Gasteiger partial charge in [0.05, 0.1) is 13.2 Å². The van der Waals surface area contributed by atoms with Gasteiger partial charge in [-0.25, -0.2) is 13.2 Å². The van der Waals surface area contributed by atoms with Gasteiger partial charge in [-0.15, -0.1) is 0 Å². The summed E-state index contributed by atoms with van der Waals surface area (Å²) in [4.78, 5) is 14.0. The van der Waals surface area contributed by atoms with E-state index in [1.54, 1.807) is 24.8 Å². The Morgan fingerprint density at radius 1 is 1.14 bits per heavy atom. The van der Waals surface area contributed by atoms with Gasteiger partial charge in [0.1, 0.15) is 23.1 Å². The van der Waals surface area contributed by atoms with Crippen molar-refractivity contribution in [1.82, 2.24) is 5.32 Å². The molecule has 0 bridgehead atoms. The van der Waals surface area contributed by atoms with E-state index in [0.29, 0.717) is 32.7 Å². The summed E-state index contributed by atoms with van der Waals surface area (Å²) in [5.41, 5.74) is 1.48. The van der Waals surface area contributed by atoms with Gasteiger partial charge in [-0.2, -0.15) is 0 Å². The van der Waals surface area contributed by atoms with Crippen molar-refractivity contribution in [3.8, 4) is 0 Å². The van der Waals surface area contributed by atoms with Crippen molar-refractivity contribution in [1.29, 1.82) is 0 Å². The maximum Gasteiger partial charge on any atom is 0.251 e. The summed E-state index contributed by atoms with van der Waals surface area (Å²) in [6.07, 6.45) is 0.481. The summed E-state index contributed by atoms with van der Waals surface area (Å²) in [5, 5.41) is 2.74. The highest BCUT2D eigenvalue weighted by molar-refractivity contribution is 5.94. The highest BCUT2D eigenvalue weighted by Crippen LogP contribution is 2.26. The molecule has 7 heteroatoms. The minimum atomic E-state index is -0.769. The standard InChI is InChI=1S/C21H23F3N2O2/c1-13-9-17(22)4-3-15(13)10-14(2)25-21(27)16-11-18(23)20(19(24)12-16)26-5-7-28-8-6-26/h3-4,9,11-12,14H,5-8,10H2,1-2H3,(H,25,27). The molecule has 0 radical (unpaired) electrons. The van der Waals surface area contributed by atoms with E-state index in [-0.39, 0.29) is 23.1 Å². The lowest BCUT2D eigenvalue weighted by molar-refractivity contribution is 0.0939. The Bertz CT molecular complexity index is 844. The molecule has 0 saturated carbocycles. The number of ether oxygens (including phenoxy) is 1. The van der Waals surface area contributed by atoms with Crippen LogP contribution in [0.1, 0.15) is 28.4 Å². The predicted molar refractivity (Wildman–Crippen MR) is 101 cm³/mol. The number of morpholine rings is 1. The monoisotopic (exact) mass is 392 g/mol. The average Bonchev–Trinajstić information content (AvgIpc) is 2.64. The lowest BCUT2D eigenvalue weighted by atomic mass is 10.0. The molecule has 0 aromatic heterocycles. The Morgan fingerprint density at radius 2 is 1.79 bits per heavy atom. The molecule has 1 aliphatic rings. The van der Waals surface area contributed by atoms with E-state index in [0.717, 1.165) is 23.3 Å². The van der Waals surface area contributed by atoms with Gasteiger partial charge in [-0.1, -0.05) is 6.07 Å². The van der Waals surface area contributed by atoms with Crippen LogP contribution in [0, 0.1) is 24.4 Å². The molecule has 0 aliphatic carbocycles. The van der Waals surface area contributed by atoms with E-state index in [1.165, 1.54) is 12.1 Å². The number of rotatable bonds is 5. The fraction of sp³-hybridized carbons (Fsp3) is 0.381. The summed E-state index contributed by atoms with van der Waals surface area (Å²) < 4.78 is 47.4. The fourth-order valence-electron chi connectivity index (χ4n) is 3.36. The molecule has 2 aromatic rings. The van der Waals surface area contributed by atoms with Crippen LogP contribution >= 0.6 is 0 Å². The van der Waals surface area contributed by atoms with Crippen molar-refractivity contribution in [2.75, 3.05) is 31.2 Å². The van der Waals surface area contributed by atoms with Crippen LogP contribution in [0.4, 0.5) is 18.9 Å². The van der Waals surface area contributed by atoms with Crippen LogP contribution in [0.2, 0.25) is 0 Å². The largest absolute Gasteiger partial charge is 0.378 e. The Hall–Kier alpha value is -2.54. The topological polar surface area (TPSA) is 41.6 Å². The number of benzene rings is 2. The minimum Gasteiger partial charge on any atom is -0.378 e. The molecule has 1 unspecified atom stereocenters. The first-order valence-corrected chi connectivity index (χ1v) is 9.23. The third kappa shape index (κ3) is 4.65. The summed E-state index contributed by atoms with van der Waals surface area (Å²) in [6.45, 7) is 5.18. The summed E-state index contributed by atoms with van der Waals surface area (Å²) in [6, 6.07) is 6.29. The molecule has 1 amide bonds. The number of nitrogens with one attached hydrogen (secondary N) is 1. The number of nitrogens with zero attached hydrogens (tertiary/aromatic N) is 1. The molecule has 1 aliphatic heterocycles. The molecule has 4 nitrogen and oxygen atoms in total. The van der Waals surface area contributed by atoms with Crippen molar-refractivity contribution in [2.24, 2.45) is 0 Å². The van der Waals surface area contributed by atoms with Crippen molar-refractivity contribution < 1.29 is 22.7 Å². The molecule has 3 rings (SSSR count). The molecule has 1 heterocycles. The Balaban J connectivity index is 1.69. The number of aryl methyl sites for hydroxylation is 1. The van der Waals surface area contributed by atoms with Crippen LogP contribution in [0.15, 0.2) is 30.3 Å². The zero-order valence-corrected chi connectivity index (χ0v) is 15.9. The Labute approximate surface area is 162 Å². The van der Waals surface area contributed by atoms with Crippen LogP contribution in [0.5, 0.6) is 0 Å². The zero-order chi connectivity index (χ0) is 20.3. The van der Waals surface area contributed by atoms with Gasteiger partial charge in [0.2, 0.25) is 0 Å². The van der Waals surface area contributed by atoms with Crippen molar-refractivity contribution >= 4 is 11.6 Å². The number of carbonyl (C=O) groups excluding carboxylic acids is 1. The third-order valence-corrected chi connectivity index (χ3v) is 4.81. The Kier molecular flexibility index (Phi) is 6.24. The lowest BCUT2D eigenvalue weighted by Gasteiger charge is -2.29. The van der Waals surface area contributed by atoms with E-state index in [9.17, 15) is 18.0 Å². The number of hydrogen-bond donors (Lipinski definition) is 1. The van der Waals surface area contributed by atoms with E-state index in [4.69, 9.17) is 4.74 Å².